The SMILES string of the molecule is CC1(C)OB2OC1(C)c1cc(ccc1-c1ccccc1)N(c1ccc(-c3ccccc3)cc1)c1cc3c(oc4cccc2c43)c2ccccc12. The minimum atomic E-state index is -0.804. The molecule has 1 fully saturated rings. The Morgan fingerprint density at radius 2 is 1.20 bits per heavy atom. The second kappa shape index (κ2) is 10.7. The molecule has 0 N–H and O–H groups in total. The van der Waals surface area contributed by atoms with E-state index in [1.165, 1.54) is 11.1 Å². The normalized spacial score (nSPS) is 17.9. The Hall–Kier alpha value is -5.62. The number of hydrogen-bond donors (Lipinski definition) is 0. The lowest BCUT2D eigenvalue weighted by Gasteiger charge is -2.39. The molecule has 2 aliphatic heterocycles. The second-order valence-corrected chi connectivity index (χ2v) is 14.1. The van der Waals surface area contributed by atoms with E-state index >= 15 is 0 Å². The summed E-state index contributed by atoms with van der Waals surface area (Å²) in [5.41, 5.74) is 10.0. The van der Waals surface area contributed by atoms with Gasteiger partial charge in [0.15, 0.2) is 0 Å². The van der Waals surface area contributed by atoms with Crippen molar-refractivity contribution in [2.45, 2.75) is 32.0 Å². The highest BCUT2D eigenvalue weighted by Crippen LogP contribution is 2.52. The molecule has 0 amide bonds. The smallest absolute Gasteiger partial charge is 0.455 e. The molecule has 1 unspecified atom stereocenters. The van der Waals surface area contributed by atoms with Crippen LogP contribution in [0, 0.1) is 0 Å². The van der Waals surface area contributed by atoms with Gasteiger partial charge in [0.25, 0.3) is 0 Å². The first-order chi connectivity index (χ1) is 24.4. The third kappa shape index (κ3) is 4.21. The minimum Gasteiger partial charge on any atom is -0.455 e. The maximum absolute atomic E-state index is 7.21. The summed E-state index contributed by atoms with van der Waals surface area (Å²) in [6, 6.07) is 53.9. The summed E-state index contributed by atoms with van der Waals surface area (Å²) < 4.78 is 20.9. The maximum Gasteiger partial charge on any atom is 0.495 e. The molecule has 10 rings (SSSR count). The zero-order valence-corrected chi connectivity index (χ0v) is 28.2. The van der Waals surface area contributed by atoms with Crippen molar-refractivity contribution in [2.24, 2.45) is 0 Å². The summed E-state index contributed by atoms with van der Waals surface area (Å²) in [5, 5.41) is 4.23. The van der Waals surface area contributed by atoms with Gasteiger partial charge in [-0.15, -0.1) is 0 Å². The lowest BCUT2D eigenvalue weighted by molar-refractivity contribution is -0.0128. The fraction of sp³-hybridized carbons (Fsp3) is 0.111. The van der Waals surface area contributed by atoms with Crippen LogP contribution >= 0.6 is 0 Å². The molecule has 50 heavy (non-hydrogen) atoms. The molecule has 8 aromatic rings. The lowest BCUT2D eigenvalue weighted by atomic mass is 9.75. The van der Waals surface area contributed by atoms with Gasteiger partial charge >= 0.3 is 7.12 Å². The topological polar surface area (TPSA) is 34.8 Å². The van der Waals surface area contributed by atoms with Crippen molar-refractivity contribution in [2.75, 3.05) is 4.90 Å². The molecule has 5 heteroatoms. The van der Waals surface area contributed by atoms with Crippen molar-refractivity contribution in [3.05, 3.63) is 157 Å². The Labute approximate surface area is 291 Å². The fourth-order valence-electron chi connectivity index (χ4n) is 8.11. The van der Waals surface area contributed by atoms with E-state index in [4.69, 9.17) is 13.7 Å². The summed E-state index contributed by atoms with van der Waals surface area (Å²) in [7, 11) is -0.595. The zero-order valence-electron chi connectivity index (χ0n) is 28.2. The molecular weight excluding hydrogens is 613 g/mol. The van der Waals surface area contributed by atoms with Crippen LogP contribution in [0.3, 0.4) is 0 Å². The van der Waals surface area contributed by atoms with Gasteiger partial charge in [0.1, 0.15) is 16.8 Å². The van der Waals surface area contributed by atoms with Gasteiger partial charge in [0.05, 0.1) is 11.3 Å². The number of anilines is 3. The van der Waals surface area contributed by atoms with E-state index in [9.17, 15) is 0 Å². The summed E-state index contributed by atoms with van der Waals surface area (Å²) in [5.74, 6) is 0. The van der Waals surface area contributed by atoms with Gasteiger partial charge in [0, 0.05) is 32.9 Å². The van der Waals surface area contributed by atoms with Gasteiger partial charge in [-0.3, -0.25) is 0 Å². The van der Waals surface area contributed by atoms with Crippen LogP contribution in [0.2, 0.25) is 0 Å². The van der Waals surface area contributed by atoms with Gasteiger partial charge in [-0.1, -0.05) is 115 Å². The summed E-state index contributed by atoms with van der Waals surface area (Å²) in [6.45, 7) is 6.48. The van der Waals surface area contributed by atoms with Gasteiger partial charge in [-0.05, 0) is 90.4 Å². The standard InChI is InChI=1S/C45H34BNO3/c1-44(2)45(3)38-27-33(25-26-34(38)31-15-8-5-9-16-31)47(32-23-21-30(22-24-32)29-13-6-4-7-14-29)40-28-37-42-39(46(49-44)50-45)19-12-20-41(42)48-43(37)36-18-11-10-17-35(36)40/h4-28H,1-3H3. The van der Waals surface area contributed by atoms with Crippen LogP contribution in [0.15, 0.2) is 156 Å². The fourth-order valence-corrected chi connectivity index (χ4v) is 8.11. The zero-order chi connectivity index (χ0) is 33.6. The predicted molar refractivity (Wildman–Crippen MR) is 206 cm³/mol. The highest BCUT2D eigenvalue weighted by atomic mass is 16.7. The van der Waals surface area contributed by atoms with E-state index in [1.807, 2.05) is 6.07 Å². The van der Waals surface area contributed by atoms with Crippen LogP contribution < -0.4 is 10.4 Å². The number of rotatable bonds is 3. The van der Waals surface area contributed by atoms with E-state index < -0.39 is 18.3 Å². The number of benzene rings is 7. The van der Waals surface area contributed by atoms with Gasteiger partial charge in [-0.25, -0.2) is 0 Å². The first-order valence-electron chi connectivity index (χ1n) is 17.3. The van der Waals surface area contributed by atoms with Crippen molar-refractivity contribution in [3.63, 3.8) is 0 Å². The number of furan rings is 1. The largest absolute Gasteiger partial charge is 0.495 e. The Balaban J connectivity index is 1.33. The molecule has 1 atom stereocenters. The van der Waals surface area contributed by atoms with Gasteiger partial charge in [0.2, 0.25) is 0 Å². The molecule has 1 saturated heterocycles. The van der Waals surface area contributed by atoms with Crippen molar-refractivity contribution in [3.8, 4) is 22.3 Å². The second-order valence-electron chi connectivity index (χ2n) is 14.1. The minimum absolute atomic E-state index is 0.595. The number of hydrogen-bond acceptors (Lipinski definition) is 4. The number of nitrogens with zero attached hydrogens (tertiary/aromatic N) is 1. The van der Waals surface area contributed by atoms with Crippen molar-refractivity contribution >= 4 is 62.4 Å². The molecule has 3 heterocycles. The predicted octanol–water partition coefficient (Wildman–Crippen LogP) is 11.3. The van der Waals surface area contributed by atoms with Crippen LogP contribution in [0.25, 0.3) is 55.0 Å². The first kappa shape index (κ1) is 29.3. The Morgan fingerprint density at radius 3 is 1.96 bits per heavy atom. The van der Waals surface area contributed by atoms with Crippen LogP contribution in [0.1, 0.15) is 26.3 Å². The van der Waals surface area contributed by atoms with E-state index in [-0.39, 0.29) is 0 Å². The van der Waals surface area contributed by atoms with Gasteiger partial charge in [-0.2, -0.15) is 0 Å². The molecule has 0 radical (unpaired) electrons. The maximum atomic E-state index is 7.21. The average Bonchev–Trinajstić information content (AvgIpc) is 3.66. The van der Waals surface area contributed by atoms with Crippen molar-refractivity contribution < 1.29 is 13.7 Å². The highest BCUT2D eigenvalue weighted by Gasteiger charge is 2.57. The Morgan fingerprint density at radius 1 is 0.540 bits per heavy atom. The van der Waals surface area contributed by atoms with Crippen molar-refractivity contribution in [1.29, 1.82) is 0 Å². The van der Waals surface area contributed by atoms with Crippen LogP contribution in [-0.2, 0) is 14.9 Å². The summed E-state index contributed by atoms with van der Waals surface area (Å²) in [4.78, 5) is 2.39. The molecule has 7 aromatic carbocycles. The molecule has 6 bridgehead atoms. The quantitative estimate of drug-likeness (QED) is 0.179. The Bertz CT molecular complexity index is 2590. The third-order valence-electron chi connectivity index (χ3n) is 11.0. The molecular formula is C45H34BNO3. The van der Waals surface area contributed by atoms with E-state index in [0.29, 0.717) is 0 Å². The van der Waals surface area contributed by atoms with Crippen LogP contribution in [0.5, 0.6) is 0 Å². The highest BCUT2D eigenvalue weighted by molar-refractivity contribution is 6.66. The lowest BCUT2D eigenvalue weighted by Crippen LogP contribution is -2.42. The van der Waals surface area contributed by atoms with E-state index in [0.717, 1.165) is 71.9 Å². The van der Waals surface area contributed by atoms with Crippen LogP contribution in [-0.4, -0.2) is 12.7 Å². The van der Waals surface area contributed by atoms with E-state index in [2.05, 4.69) is 171 Å². The first-order valence-corrected chi connectivity index (χ1v) is 17.3. The summed E-state index contributed by atoms with van der Waals surface area (Å²) >= 11 is 0. The monoisotopic (exact) mass is 647 g/mol. The molecule has 0 saturated carbocycles. The third-order valence-corrected chi connectivity index (χ3v) is 11.0. The molecule has 4 nitrogen and oxygen atoms in total. The van der Waals surface area contributed by atoms with E-state index in [1.54, 1.807) is 0 Å². The molecule has 0 spiro atoms. The summed E-state index contributed by atoms with van der Waals surface area (Å²) in [6.07, 6.45) is 0. The number of fused-ring (bicyclic) bond motifs is 10. The molecule has 2 aliphatic rings. The van der Waals surface area contributed by atoms with Crippen LogP contribution in [0.4, 0.5) is 17.1 Å². The Kier molecular flexibility index (Phi) is 6.27. The molecule has 1 aromatic heterocycles. The molecule has 0 aliphatic carbocycles. The average molecular weight is 648 g/mol. The van der Waals surface area contributed by atoms with Crippen molar-refractivity contribution in [1.82, 2.24) is 0 Å². The molecule has 240 valence electrons. The van der Waals surface area contributed by atoms with Gasteiger partial charge < -0.3 is 18.6 Å².